The van der Waals surface area contributed by atoms with Gasteiger partial charge in [0.15, 0.2) is 11.2 Å². The lowest BCUT2D eigenvalue weighted by Gasteiger charge is -2.52. The van der Waals surface area contributed by atoms with Crippen LogP contribution in [0.1, 0.15) is 32.5 Å². The van der Waals surface area contributed by atoms with Gasteiger partial charge in [-0.15, -0.1) is 23.1 Å². The first-order chi connectivity index (χ1) is 16.4. The molecule has 3 rings (SSSR count). The average molecular weight is 544 g/mol. The van der Waals surface area contributed by atoms with E-state index in [-0.39, 0.29) is 16.5 Å². The fourth-order valence-corrected chi connectivity index (χ4v) is 6.34. The third kappa shape index (κ3) is 5.47. The zero-order chi connectivity index (χ0) is 26.1. The smallest absolute Gasteiger partial charge is 0.417 e. The van der Waals surface area contributed by atoms with Crippen LogP contribution in [0.25, 0.3) is 0 Å². The number of carboxylic acids is 1. The molecule has 3 heterocycles. The normalized spacial score (nSPS) is 20.5. The lowest BCUT2D eigenvalue weighted by atomic mass is 10.0. The van der Waals surface area contributed by atoms with Crippen LogP contribution in [-0.2, 0) is 23.9 Å². The number of aliphatic carboxylic acids is 1. The SMILES string of the molecule is CSCC1=C(C(=O)O)N2C(=O)C(N(C(=O)OC(C)(C)C)C(=O)C(N)c3csc(NC=O)n3)[C@H]2SC1. The van der Waals surface area contributed by atoms with E-state index >= 15 is 0 Å². The van der Waals surface area contributed by atoms with Gasteiger partial charge in [0.25, 0.3) is 11.8 Å². The van der Waals surface area contributed by atoms with Gasteiger partial charge >= 0.3 is 12.1 Å². The first kappa shape index (κ1) is 27.0. The number of thioether (sulfide) groups is 2. The number of hydrogen-bond acceptors (Lipinski definition) is 11. The third-order valence-electron chi connectivity index (χ3n) is 4.94. The largest absolute Gasteiger partial charge is 0.477 e. The Bertz CT molecular complexity index is 1080. The summed E-state index contributed by atoms with van der Waals surface area (Å²) in [6.07, 6.45) is 1.17. The second kappa shape index (κ2) is 10.6. The van der Waals surface area contributed by atoms with Gasteiger partial charge in [-0.2, -0.15) is 11.8 Å². The van der Waals surface area contributed by atoms with E-state index in [4.69, 9.17) is 10.5 Å². The Labute approximate surface area is 213 Å². The van der Waals surface area contributed by atoms with E-state index in [2.05, 4.69) is 10.3 Å². The van der Waals surface area contributed by atoms with Crippen molar-refractivity contribution in [3.63, 3.8) is 0 Å². The number of carbonyl (C=O) groups is 5. The van der Waals surface area contributed by atoms with Crippen molar-refractivity contribution >= 4 is 70.3 Å². The molecule has 0 spiro atoms. The van der Waals surface area contributed by atoms with E-state index in [0.29, 0.717) is 28.4 Å². The molecule has 190 valence electrons. The molecule has 4 amide bonds. The Balaban J connectivity index is 1.96. The monoisotopic (exact) mass is 543 g/mol. The fraction of sp³-hybridized carbons (Fsp3) is 0.500. The van der Waals surface area contributed by atoms with Gasteiger partial charge in [0.1, 0.15) is 22.7 Å². The Morgan fingerprint density at radius 2 is 2.14 bits per heavy atom. The number of nitrogens with two attached hydrogens (primary N) is 1. The zero-order valence-corrected chi connectivity index (χ0v) is 21.8. The molecule has 1 aromatic heterocycles. The summed E-state index contributed by atoms with van der Waals surface area (Å²) in [5, 5.41) is 13.0. The number of fused-ring (bicyclic) bond motifs is 1. The van der Waals surface area contributed by atoms with Crippen LogP contribution in [0.2, 0.25) is 0 Å². The van der Waals surface area contributed by atoms with Crippen molar-refractivity contribution in [3.8, 4) is 0 Å². The fourth-order valence-electron chi connectivity index (χ4n) is 3.53. The molecule has 0 aromatic carbocycles. The van der Waals surface area contributed by atoms with Crippen LogP contribution in [0.4, 0.5) is 9.93 Å². The van der Waals surface area contributed by atoms with Crippen molar-refractivity contribution in [2.24, 2.45) is 5.73 Å². The molecule has 1 saturated heterocycles. The Morgan fingerprint density at radius 3 is 2.71 bits per heavy atom. The van der Waals surface area contributed by atoms with Gasteiger partial charge in [-0.1, -0.05) is 0 Å². The van der Waals surface area contributed by atoms with Gasteiger partial charge in [-0.3, -0.25) is 19.3 Å². The number of amides is 4. The molecule has 12 nitrogen and oxygen atoms in total. The molecular formula is C20H25N5O7S3. The molecule has 2 unspecified atom stereocenters. The van der Waals surface area contributed by atoms with Crippen molar-refractivity contribution in [2.45, 2.75) is 43.8 Å². The molecule has 35 heavy (non-hydrogen) atoms. The van der Waals surface area contributed by atoms with Gasteiger partial charge < -0.3 is 20.9 Å². The number of rotatable bonds is 8. The summed E-state index contributed by atoms with van der Waals surface area (Å²) in [6, 6.07) is -2.73. The molecule has 0 bridgehead atoms. The number of hydrogen-bond donors (Lipinski definition) is 3. The van der Waals surface area contributed by atoms with Crippen LogP contribution in [-0.4, -0.2) is 85.0 Å². The number of nitrogens with one attached hydrogen (secondary N) is 1. The van der Waals surface area contributed by atoms with Gasteiger partial charge in [-0.25, -0.2) is 19.5 Å². The van der Waals surface area contributed by atoms with E-state index in [9.17, 15) is 29.1 Å². The molecule has 15 heteroatoms. The predicted octanol–water partition coefficient (Wildman–Crippen LogP) is 1.46. The van der Waals surface area contributed by atoms with Crippen LogP contribution in [0, 0.1) is 0 Å². The summed E-state index contributed by atoms with van der Waals surface area (Å²) in [5.41, 5.74) is 5.67. The molecule has 0 saturated carbocycles. The Kier molecular flexibility index (Phi) is 8.14. The second-order valence-corrected chi connectivity index (χ2v) is 11.4. The highest BCUT2D eigenvalue weighted by molar-refractivity contribution is 8.00. The standard InChI is InChI=1S/C20H25N5O7S3/c1-20(2,3)32-19(31)25(14(27)11(21)10-7-35-18(23-10)22-8-26)13-15(28)24-12(17(29)30)9(5-33-4)6-34-16(13)24/h7-8,11,13,16H,5-6,21H2,1-4H3,(H,29,30)(H,22,23,26)/t11?,13?,16-/m1/s1. The van der Waals surface area contributed by atoms with E-state index < -0.39 is 46.9 Å². The number of thiazole rings is 1. The number of aromatic nitrogens is 1. The van der Waals surface area contributed by atoms with Crippen LogP contribution in [0.5, 0.6) is 0 Å². The Hall–Kier alpha value is -2.62. The number of anilines is 1. The quantitative estimate of drug-likeness (QED) is 0.320. The van der Waals surface area contributed by atoms with E-state index in [1.807, 2.05) is 6.26 Å². The van der Waals surface area contributed by atoms with Crippen molar-refractivity contribution in [3.05, 3.63) is 22.3 Å². The van der Waals surface area contributed by atoms with Crippen LogP contribution in [0.15, 0.2) is 16.7 Å². The summed E-state index contributed by atoms with van der Waals surface area (Å²) >= 11 is 3.72. The predicted molar refractivity (Wildman–Crippen MR) is 132 cm³/mol. The first-order valence-electron chi connectivity index (χ1n) is 10.3. The van der Waals surface area contributed by atoms with E-state index in [0.717, 1.165) is 16.2 Å². The second-order valence-electron chi connectivity index (χ2n) is 8.55. The molecule has 4 N–H and O–H groups in total. The van der Waals surface area contributed by atoms with Gasteiger partial charge in [0, 0.05) is 16.9 Å². The lowest BCUT2D eigenvalue weighted by Crippen LogP contribution is -2.73. The summed E-state index contributed by atoms with van der Waals surface area (Å²) in [6.45, 7) is 4.82. The highest BCUT2D eigenvalue weighted by Gasteiger charge is 2.59. The maximum atomic E-state index is 13.4. The minimum Gasteiger partial charge on any atom is -0.477 e. The van der Waals surface area contributed by atoms with E-state index in [1.54, 1.807) is 20.8 Å². The molecule has 0 aliphatic carbocycles. The molecule has 3 atom stereocenters. The summed E-state index contributed by atoms with van der Waals surface area (Å²) in [4.78, 5) is 68.2. The Morgan fingerprint density at radius 1 is 1.46 bits per heavy atom. The van der Waals surface area contributed by atoms with Crippen molar-refractivity contribution < 1.29 is 33.8 Å². The minimum atomic E-state index is -1.43. The molecule has 1 aromatic rings. The third-order valence-corrected chi connectivity index (χ3v) is 7.69. The molecule has 1 fully saturated rings. The van der Waals surface area contributed by atoms with Crippen molar-refractivity contribution in [1.82, 2.24) is 14.8 Å². The summed E-state index contributed by atoms with van der Waals surface area (Å²) in [7, 11) is 0. The molecule has 2 aliphatic rings. The molecule has 0 radical (unpaired) electrons. The highest BCUT2D eigenvalue weighted by atomic mass is 32.2. The summed E-state index contributed by atoms with van der Waals surface area (Å²) in [5.74, 6) is -2.16. The maximum Gasteiger partial charge on any atom is 0.417 e. The van der Waals surface area contributed by atoms with Crippen molar-refractivity contribution in [1.29, 1.82) is 0 Å². The first-order valence-corrected chi connectivity index (χ1v) is 13.6. The van der Waals surface area contributed by atoms with Crippen LogP contribution in [0.3, 0.4) is 0 Å². The number of carbonyl (C=O) groups excluding carboxylic acids is 4. The topological polar surface area (TPSA) is 172 Å². The molecule has 2 aliphatic heterocycles. The number of carboxylic acid groups (broad SMARTS) is 1. The van der Waals surface area contributed by atoms with Gasteiger partial charge in [0.2, 0.25) is 6.41 Å². The summed E-state index contributed by atoms with van der Waals surface area (Å²) < 4.78 is 5.39. The van der Waals surface area contributed by atoms with Crippen LogP contribution >= 0.6 is 34.9 Å². The minimum absolute atomic E-state index is 0.0891. The lowest BCUT2D eigenvalue weighted by molar-refractivity contribution is -0.159. The number of imide groups is 1. The van der Waals surface area contributed by atoms with Gasteiger partial charge in [-0.05, 0) is 32.6 Å². The average Bonchev–Trinajstić information content (AvgIpc) is 3.23. The van der Waals surface area contributed by atoms with Crippen LogP contribution < -0.4 is 11.1 Å². The van der Waals surface area contributed by atoms with Gasteiger partial charge in [0.05, 0.1) is 5.69 Å². The number of nitrogens with zero attached hydrogens (tertiary/aromatic N) is 3. The zero-order valence-electron chi connectivity index (χ0n) is 19.3. The molecular weight excluding hydrogens is 518 g/mol. The number of β-lactam (4-membered cyclic amide) rings is 1. The number of ether oxygens (including phenoxy) is 1. The van der Waals surface area contributed by atoms with E-state index in [1.165, 1.54) is 28.9 Å². The maximum absolute atomic E-state index is 13.4. The van der Waals surface area contributed by atoms with Crippen molar-refractivity contribution in [2.75, 3.05) is 23.1 Å². The highest BCUT2D eigenvalue weighted by Crippen LogP contribution is 2.43.